The lowest BCUT2D eigenvalue weighted by Gasteiger charge is -2.32. The molecule has 1 aliphatic carbocycles. The summed E-state index contributed by atoms with van der Waals surface area (Å²) in [7, 11) is 3.79. The SMILES string of the molecule is CN(C)C(C)(C)C(=O)N[C@@H]1CC[C@H](NC(=O)c2cccc3ccoc23)C1. The van der Waals surface area contributed by atoms with Gasteiger partial charge in [0, 0.05) is 17.5 Å². The number of hydrogen-bond donors (Lipinski definition) is 2. The third-order valence-corrected chi connectivity index (χ3v) is 5.50. The first-order valence-corrected chi connectivity index (χ1v) is 9.04. The van der Waals surface area contributed by atoms with E-state index in [1.165, 1.54) is 0 Å². The molecule has 0 spiro atoms. The molecule has 2 atom stereocenters. The third-order valence-electron chi connectivity index (χ3n) is 5.50. The van der Waals surface area contributed by atoms with Crippen molar-refractivity contribution in [2.45, 2.75) is 50.7 Å². The van der Waals surface area contributed by atoms with Crippen molar-refractivity contribution in [3.8, 4) is 0 Å². The fraction of sp³-hybridized carbons (Fsp3) is 0.500. The molecule has 1 heterocycles. The lowest BCUT2D eigenvalue weighted by molar-refractivity contribution is -0.130. The number of benzene rings is 1. The van der Waals surface area contributed by atoms with E-state index in [9.17, 15) is 9.59 Å². The van der Waals surface area contributed by atoms with E-state index in [4.69, 9.17) is 4.42 Å². The molecule has 1 aliphatic rings. The van der Waals surface area contributed by atoms with Gasteiger partial charge in [-0.3, -0.25) is 14.5 Å². The average Bonchev–Trinajstić information content (AvgIpc) is 3.23. The number of furan rings is 1. The van der Waals surface area contributed by atoms with E-state index >= 15 is 0 Å². The van der Waals surface area contributed by atoms with Crippen LogP contribution in [0.15, 0.2) is 34.9 Å². The summed E-state index contributed by atoms with van der Waals surface area (Å²) in [5, 5.41) is 7.12. The van der Waals surface area contributed by atoms with Gasteiger partial charge >= 0.3 is 0 Å². The van der Waals surface area contributed by atoms with Crippen LogP contribution in [0.25, 0.3) is 11.0 Å². The second-order valence-corrected chi connectivity index (χ2v) is 7.75. The van der Waals surface area contributed by atoms with E-state index in [-0.39, 0.29) is 23.9 Å². The van der Waals surface area contributed by atoms with Crippen LogP contribution in [0.3, 0.4) is 0 Å². The molecule has 1 fully saturated rings. The predicted octanol–water partition coefficient (Wildman–Crippen LogP) is 2.54. The average molecular weight is 357 g/mol. The molecule has 6 nitrogen and oxygen atoms in total. The molecule has 0 radical (unpaired) electrons. The summed E-state index contributed by atoms with van der Waals surface area (Å²) in [6.45, 7) is 3.81. The van der Waals surface area contributed by atoms with Crippen LogP contribution >= 0.6 is 0 Å². The van der Waals surface area contributed by atoms with Crippen molar-refractivity contribution < 1.29 is 14.0 Å². The highest BCUT2D eigenvalue weighted by Gasteiger charge is 2.34. The van der Waals surface area contributed by atoms with Gasteiger partial charge in [-0.25, -0.2) is 0 Å². The monoisotopic (exact) mass is 357 g/mol. The standard InChI is InChI=1S/C20H27N3O3/c1-20(2,23(3)4)19(25)22-15-9-8-14(12-15)21-18(24)16-7-5-6-13-10-11-26-17(13)16/h5-7,10-11,14-15H,8-9,12H2,1-4H3,(H,21,24)(H,22,25)/t14-,15+/m0/s1. The van der Waals surface area contributed by atoms with Crippen LogP contribution in [0, 0.1) is 0 Å². The summed E-state index contributed by atoms with van der Waals surface area (Å²) >= 11 is 0. The summed E-state index contributed by atoms with van der Waals surface area (Å²) in [4.78, 5) is 27.0. The normalized spacial score (nSPS) is 20.5. The van der Waals surface area contributed by atoms with Gasteiger partial charge in [-0.1, -0.05) is 12.1 Å². The topological polar surface area (TPSA) is 74.6 Å². The zero-order chi connectivity index (χ0) is 18.9. The maximum atomic E-state index is 12.6. The molecule has 2 N–H and O–H groups in total. The van der Waals surface area contributed by atoms with E-state index in [0.29, 0.717) is 11.1 Å². The Morgan fingerprint density at radius 3 is 2.50 bits per heavy atom. The Balaban J connectivity index is 1.59. The number of carbonyl (C=O) groups excluding carboxylic acids is 2. The van der Waals surface area contributed by atoms with Crippen LogP contribution < -0.4 is 10.6 Å². The van der Waals surface area contributed by atoms with Gasteiger partial charge in [-0.05, 0) is 59.3 Å². The molecule has 1 aromatic carbocycles. The smallest absolute Gasteiger partial charge is 0.255 e. The number of nitrogens with zero attached hydrogens (tertiary/aromatic N) is 1. The first-order valence-electron chi connectivity index (χ1n) is 9.04. The maximum absolute atomic E-state index is 12.6. The molecule has 2 amide bonds. The fourth-order valence-corrected chi connectivity index (χ4v) is 3.24. The maximum Gasteiger partial charge on any atom is 0.255 e. The number of para-hydroxylation sites is 1. The highest BCUT2D eigenvalue weighted by molar-refractivity contribution is 6.04. The molecule has 3 rings (SSSR count). The summed E-state index contributed by atoms with van der Waals surface area (Å²) in [5.41, 5.74) is 0.602. The Hall–Kier alpha value is -2.34. The molecule has 0 unspecified atom stereocenters. The van der Waals surface area contributed by atoms with Gasteiger partial charge in [0.1, 0.15) is 5.58 Å². The minimum atomic E-state index is -0.559. The number of hydrogen-bond acceptors (Lipinski definition) is 4. The van der Waals surface area contributed by atoms with Gasteiger partial charge in [0.2, 0.25) is 5.91 Å². The lowest BCUT2D eigenvalue weighted by atomic mass is 10.0. The molecule has 0 aliphatic heterocycles. The zero-order valence-corrected chi connectivity index (χ0v) is 15.8. The van der Waals surface area contributed by atoms with E-state index in [1.54, 1.807) is 12.3 Å². The number of nitrogens with one attached hydrogen (secondary N) is 2. The van der Waals surface area contributed by atoms with Crippen molar-refractivity contribution in [2.24, 2.45) is 0 Å². The Morgan fingerprint density at radius 2 is 1.81 bits per heavy atom. The molecule has 2 aromatic rings. The molecule has 0 bridgehead atoms. The highest BCUT2D eigenvalue weighted by Crippen LogP contribution is 2.23. The summed E-state index contributed by atoms with van der Waals surface area (Å²) in [6, 6.07) is 7.54. The summed E-state index contributed by atoms with van der Waals surface area (Å²) in [5.74, 6) is -0.115. The molecular weight excluding hydrogens is 330 g/mol. The molecule has 6 heteroatoms. The molecular formula is C20H27N3O3. The second-order valence-electron chi connectivity index (χ2n) is 7.75. The van der Waals surface area contributed by atoms with Crippen molar-refractivity contribution in [3.05, 3.63) is 36.1 Å². The van der Waals surface area contributed by atoms with E-state index in [0.717, 1.165) is 24.6 Å². The van der Waals surface area contributed by atoms with Gasteiger partial charge in [-0.2, -0.15) is 0 Å². The number of fused-ring (bicyclic) bond motifs is 1. The Kier molecular flexibility index (Phi) is 5.05. The van der Waals surface area contributed by atoms with Crippen LogP contribution in [-0.4, -0.2) is 48.4 Å². The largest absolute Gasteiger partial charge is 0.464 e. The van der Waals surface area contributed by atoms with Gasteiger partial charge in [0.05, 0.1) is 17.4 Å². The van der Waals surface area contributed by atoms with Crippen molar-refractivity contribution in [1.29, 1.82) is 0 Å². The number of likely N-dealkylation sites (N-methyl/N-ethyl adjacent to an activating group) is 1. The van der Waals surface area contributed by atoms with E-state index < -0.39 is 5.54 Å². The Bertz CT molecular complexity index is 809. The van der Waals surface area contributed by atoms with Gasteiger partial charge < -0.3 is 15.1 Å². The van der Waals surface area contributed by atoms with Crippen molar-refractivity contribution in [2.75, 3.05) is 14.1 Å². The molecule has 1 aromatic heterocycles. The lowest BCUT2D eigenvalue weighted by Crippen LogP contribution is -2.54. The molecule has 1 saturated carbocycles. The van der Waals surface area contributed by atoms with Gasteiger partial charge in [0.15, 0.2) is 0 Å². The molecule has 140 valence electrons. The zero-order valence-electron chi connectivity index (χ0n) is 15.8. The molecule has 26 heavy (non-hydrogen) atoms. The Morgan fingerprint density at radius 1 is 1.12 bits per heavy atom. The van der Waals surface area contributed by atoms with Crippen molar-refractivity contribution in [3.63, 3.8) is 0 Å². The highest BCUT2D eigenvalue weighted by atomic mass is 16.3. The number of carbonyl (C=O) groups is 2. The van der Waals surface area contributed by atoms with E-state index in [1.807, 2.05) is 51.0 Å². The summed E-state index contributed by atoms with van der Waals surface area (Å²) < 4.78 is 5.45. The summed E-state index contributed by atoms with van der Waals surface area (Å²) in [6.07, 6.45) is 4.06. The van der Waals surface area contributed by atoms with Crippen LogP contribution in [0.5, 0.6) is 0 Å². The first kappa shape index (κ1) is 18.5. The van der Waals surface area contributed by atoms with E-state index in [2.05, 4.69) is 10.6 Å². The quantitative estimate of drug-likeness (QED) is 0.862. The minimum absolute atomic E-state index is 0.0137. The van der Waals surface area contributed by atoms with Crippen LogP contribution in [-0.2, 0) is 4.79 Å². The predicted molar refractivity (Wildman–Crippen MR) is 101 cm³/mol. The Labute approximate surface area is 153 Å². The number of rotatable bonds is 5. The second kappa shape index (κ2) is 7.11. The molecule has 0 saturated heterocycles. The van der Waals surface area contributed by atoms with Crippen LogP contribution in [0.2, 0.25) is 0 Å². The van der Waals surface area contributed by atoms with Crippen LogP contribution in [0.1, 0.15) is 43.5 Å². The van der Waals surface area contributed by atoms with Gasteiger partial charge in [0.25, 0.3) is 5.91 Å². The third kappa shape index (κ3) is 3.60. The van der Waals surface area contributed by atoms with Crippen LogP contribution in [0.4, 0.5) is 0 Å². The number of amides is 2. The van der Waals surface area contributed by atoms with Gasteiger partial charge in [-0.15, -0.1) is 0 Å². The minimum Gasteiger partial charge on any atom is -0.464 e. The first-order chi connectivity index (χ1) is 12.3. The van der Waals surface area contributed by atoms with Crippen molar-refractivity contribution >= 4 is 22.8 Å². The van der Waals surface area contributed by atoms with Crippen molar-refractivity contribution in [1.82, 2.24) is 15.5 Å². The fourth-order valence-electron chi connectivity index (χ4n) is 3.24.